The van der Waals surface area contributed by atoms with E-state index in [0.717, 1.165) is 40.9 Å². The lowest BCUT2D eigenvalue weighted by atomic mass is 9.86. The number of nitro groups is 1. The first-order chi connectivity index (χ1) is 27.6. The lowest BCUT2D eigenvalue weighted by Crippen LogP contribution is -2.26. The van der Waals surface area contributed by atoms with Gasteiger partial charge >= 0.3 is 5.69 Å². The first-order valence-electron chi connectivity index (χ1n) is 18.3. The standard InChI is InChI=1S/C19H20N8O3.C19H22N8O/c1-4-26-10-12(8-21-26)23-18-20-9-15(27(29)30)16(25-18)22-11-5-6-13-14(7-11)24-17(28)19(13,2)3;1-4-27-10-12(8-22-27)24-18-21-9-14(20)16(26-18)23-11-5-6-13-15(7-11)25-17(28)19(13,2)3/h5-10H,4H2,1-3H3,(H,24,28)(H2,20,22,23,25);5-10H,4,20H2,1-3H3,(H,25,28)(H2,21,23,24,26). The Morgan fingerprint density at radius 1 is 0.690 bits per heavy atom. The summed E-state index contributed by atoms with van der Waals surface area (Å²) in [7, 11) is 0. The number of fused-ring (bicyclic) bond motifs is 2. The SMILES string of the molecule is CCn1cc(Nc2ncc(N)c(Nc3ccc4c(c3)NC(=O)C4(C)C)n2)cn1.CCn1cc(Nc2ncc([N+](=O)[O-])c(Nc3ccc4c(c3)NC(=O)C4(C)C)n2)cn1. The average Bonchev–Trinajstić information content (AvgIpc) is 3.94. The van der Waals surface area contributed by atoms with Crippen LogP contribution in [0, 0.1) is 10.1 Å². The molecule has 298 valence electrons. The largest absolute Gasteiger partial charge is 0.394 e. The van der Waals surface area contributed by atoms with E-state index in [1.165, 1.54) is 0 Å². The van der Waals surface area contributed by atoms with Crippen molar-refractivity contribution in [2.24, 2.45) is 0 Å². The van der Waals surface area contributed by atoms with Gasteiger partial charge in [-0.05, 0) is 76.9 Å². The van der Waals surface area contributed by atoms with Crippen molar-refractivity contribution >= 4 is 80.8 Å². The van der Waals surface area contributed by atoms with E-state index < -0.39 is 15.8 Å². The molecule has 20 heteroatoms. The van der Waals surface area contributed by atoms with Crippen LogP contribution in [0.25, 0.3) is 0 Å². The summed E-state index contributed by atoms with van der Waals surface area (Å²) in [6, 6.07) is 11.0. The van der Waals surface area contributed by atoms with Crippen LogP contribution in [0.5, 0.6) is 0 Å². The highest BCUT2D eigenvalue weighted by atomic mass is 16.6. The quantitative estimate of drug-likeness (QED) is 0.0560. The molecule has 2 aliphatic heterocycles. The van der Waals surface area contributed by atoms with Gasteiger partial charge in [-0.15, -0.1) is 0 Å². The monoisotopic (exact) mass is 786 g/mol. The number of nitrogens with zero attached hydrogens (tertiary/aromatic N) is 9. The molecular formula is C38H42N16O4. The third kappa shape index (κ3) is 7.74. The molecule has 2 amide bonds. The highest BCUT2D eigenvalue weighted by molar-refractivity contribution is 6.07. The Balaban J connectivity index is 0.000000177. The van der Waals surface area contributed by atoms with Gasteiger partial charge in [0.15, 0.2) is 5.82 Å². The predicted octanol–water partition coefficient (Wildman–Crippen LogP) is 6.31. The van der Waals surface area contributed by atoms with Gasteiger partial charge in [0, 0.05) is 48.2 Å². The van der Waals surface area contributed by atoms with Gasteiger partial charge in [0.05, 0.1) is 51.4 Å². The smallest absolute Gasteiger partial charge is 0.329 e. The number of nitrogens with two attached hydrogens (primary N) is 1. The first-order valence-corrected chi connectivity index (χ1v) is 18.3. The predicted molar refractivity (Wildman–Crippen MR) is 220 cm³/mol. The zero-order valence-electron chi connectivity index (χ0n) is 32.6. The zero-order chi connectivity index (χ0) is 41.4. The maximum absolute atomic E-state index is 12.2. The molecule has 4 aromatic heterocycles. The van der Waals surface area contributed by atoms with E-state index in [2.05, 4.69) is 62.0 Å². The Morgan fingerprint density at radius 2 is 1.16 bits per heavy atom. The summed E-state index contributed by atoms with van der Waals surface area (Å²) in [6.07, 6.45) is 9.66. The van der Waals surface area contributed by atoms with Crippen molar-refractivity contribution in [1.82, 2.24) is 39.5 Å². The van der Waals surface area contributed by atoms with Gasteiger partial charge in [-0.25, -0.2) is 9.97 Å². The fraction of sp³-hybridized carbons (Fsp3) is 0.263. The first kappa shape index (κ1) is 38.6. The second-order valence-corrected chi connectivity index (χ2v) is 14.5. The van der Waals surface area contributed by atoms with Crippen LogP contribution in [-0.4, -0.2) is 56.2 Å². The summed E-state index contributed by atoms with van der Waals surface area (Å²) in [5.74, 6) is 0.993. The number of amides is 2. The molecule has 2 aliphatic rings. The molecule has 0 bridgehead atoms. The fourth-order valence-electron chi connectivity index (χ4n) is 6.29. The second kappa shape index (κ2) is 15.1. The van der Waals surface area contributed by atoms with Crippen molar-refractivity contribution in [3.05, 3.63) is 94.8 Å². The van der Waals surface area contributed by atoms with E-state index in [4.69, 9.17) is 5.73 Å². The van der Waals surface area contributed by atoms with E-state index in [9.17, 15) is 19.7 Å². The number of carbonyl (C=O) groups is 2. The summed E-state index contributed by atoms with van der Waals surface area (Å²) in [4.78, 5) is 52.1. The fourth-order valence-corrected chi connectivity index (χ4v) is 6.29. The molecule has 8 rings (SSSR count). The van der Waals surface area contributed by atoms with Crippen molar-refractivity contribution in [2.75, 3.05) is 37.6 Å². The molecule has 0 spiro atoms. The minimum absolute atomic E-state index is 0.0136. The van der Waals surface area contributed by atoms with Crippen LogP contribution in [0.4, 0.5) is 69.0 Å². The molecule has 6 heterocycles. The van der Waals surface area contributed by atoms with Crippen molar-refractivity contribution in [1.29, 1.82) is 0 Å². The van der Waals surface area contributed by atoms with Gasteiger partial charge in [0.2, 0.25) is 29.5 Å². The third-order valence-electron chi connectivity index (χ3n) is 9.75. The molecule has 6 aromatic rings. The summed E-state index contributed by atoms with van der Waals surface area (Å²) in [5.41, 5.74) is 11.1. The Labute approximate surface area is 332 Å². The number of aromatic nitrogens is 8. The van der Waals surface area contributed by atoms with Crippen LogP contribution in [0.1, 0.15) is 52.7 Å². The van der Waals surface area contributed by atoms with Crippen LogP contribution in [-0.2, 0) is 33.5 Å². The third-order valence-corrected chi connectivity index (χ3v) is 9.75. The molecule has 0 fully saturated rings. The number of nitrogens with one attached hydrogen (secondary N) is 6. The zero-order valence-corrected chi connectivity index (χ0v) is 32.6. The van der Waals surface area contributed by atoms with Gasteiger partial charge < -0.3 is 37.6 Å². The van der Waals surface area contributed by atoms with Crippen LogP contribution in [0.3, 0.4) is 0 Å². The number of nitrogen functional groups attached to an aromatic ring is 1. The van der Waals surface area contributed by atoms with Crippen LogP contribution >= 0.6 is 0 Å². The molecule has 58 heavy (non-hydrogen) atoms. The lowest BCUT2D eigenvalue weighted by Gasteiger charge is -2.15. The topological polar surface area (TPSA) is 263 Å². The minimum Gasteiger partial charge on any atom is -0.394 e. The van der Waals surface area contributed by atoms with Gasteiger partial charge in [-0.1, -0.05) is 12.1 Å². The Hall–Kier alpha value is -7.64. The second-order valence-electron chi connectivity index (χ2n) is 14.5. The molecule has 20 nitrogen and oxygen atoms in total. The minimum atomic E-state index is -0.630. The maximum atomic E-state index is 12.2. The van der Waals surface area contributed by atoms with Crippen LogP contribution < -0.4 is 37.6 Å². The lowest BCUT2D eigenvalue weighted by molar-refractivity contribution is -0.384. The number of carbonyl (C=O) groups excluding carboxylic acids is 2. The molecule has 2 aromatic carbocycles. The highest BCUT2D eigenvalue weighted by Gasteiger charge is 2.39. The molecular weight excluding hydrogens is 745 g/mol. The van der Waals surface area contributed by atoms with Crippen LogP contribution in [0.15, 0.2) is 73.6 Å². The summed E-state index contributed by atoms with van der Waals surface area (Å²) >= 11 is 0. The average molecular weight is 787 g/mol. The Kier molecular flexibility index (Phi) is 10.1. The maximum Gasteiger partial charge on any atom is 0.329 e. The number of anilines is 11. The van der Waals surface area contributed by atoms with E-state index in [0.29, 0.717) is 41.1 Å². The summed E-state index contributed by atoms with van der Waals surface area (Å²) < 4.78 is 3.53. The van der Waals surface area contributed by atoms with E-state index in [-0.39, 0.29) is 29.3 Å². The van der Waals surface area contributed by atoms with Gasteiger partial charge in [0.25, 0.3) is 0 Å². The highest BCUT2D eigenvalue weighted by Crippen LogP contribution is 2.41. The van der Waals surface area contributed by atoms with Crippen molar-refractivity contribution in [3.63, 3.8) is 0 Å². The number of benzene rings is 2. The molecule has 0 saturated heterocycles. The van der Waals surface area contributed by atoms with Crippen molar-refractivity contribution < 1.29 is 14.5 Å². The number of aryl methyl sites for hydroxylation is 2. The van der Waals surface area contributed by atoms with Crippen LogP contribution in [0.2, 0.25) is 0 Å². The number of rotatable bonds is 11. The molecule has 8 N–H and O–H groups in total. The van der Waals surface area contributed by atoms with Gasteiger partial charge in [0.1, 0.15) is 6.20 Å². The Morgan fingerprint density at radius 3 is 1.62 bits per heavy atom. The van der Waals surface area contributed by atoms with Crippen molar-refractivity contribution in [2.45, 2.75) is 65.5 Å². The number of hydrogen-bond acceptors (Lipinski definition) is 15. The van der Waals surface area contributed by atoms with E-state index >= 15 is 0 Å². The summed E-state index contributed by atoms with van der Waals surface area (Å²) in [6.45, 7) is 13.0. The Bertz CT molecular complexity index is 2560. The molecule has 0 unspecified atom stereocenters. The molecule has 0 aliphatic carbocycles. The normalized spacial score (nSPS) is 14.3. The van der Waals surface area contributed by atoms with Crippen molar-refractivity contribution in [3.8, 4) is 0 Å². The molecule has 0 saturated carbocycles. The van der Waals surface area contributed by atoms with E-state index in [1.807, 2.05) is 72.0 Å². The molecule has 0 radical (unpaired) electrons. The summed E-state index contributed by atoms with van der Waals surface area (Å²) in [5, 5.41) is 37.8. The van der Waals surface area contributed by atoms with E-state index in [1.54, 1.807) is 46.3 Å². The van der Waals surface area contributed by atoms with Gasteiger partial charge in [-0.2, -0.15) is 20.2 Å². The molecule has 0 atom stereocenters. The van der Waals surface area contributed by atoms with Gasteiger partial charge in [-0.3, -0.25) is 29.1 Å². The number of hydrogen-bond donors (Lipinski definition) is 7.